The number of nitrogens with two attached hydrogens (primary N) is 1. The number of carbonyl (C=O) groups excluding carboxylic acids is 1. The molecule has 5 nitrogen and oxygen atoms in total. The van der Waals surface area contributed by atoms with Gasteiger partial charge in [-0.2, -0.15) is 5.10 Å². The lowest BCUT2D eigenvalue weighted by molar-refractivity contribution is -0.120. The highest BCUT2D eigenvalue weighted by molar-refractivity contribution is 5.92. The first-order chi connectivity index (χ1) is 8.41. The standard InChI is InChI=1S/C11H16F2N4O/c1-17-6-8(5-14)9(16-17)15-10(18)7-2-3-11(12,13)4-7/h6-7H,2-5,14H2,1H3,(H,15,16,18). The molecule has 1 heterocycles. The fourth-order valence-electron chi connectivity index (χ4n) is 2.18. The number of nitrogens with one attached hydrogen (secondary N) is 1. The zero-order valence-electron chi connectivity index (χ0n) is 10.1. The molecule has 7 heteroatoms. The van der Waals surface area contributed by atoms with E-state index in [1.807, 2.05) is 0 Å². The average Bonchev–Trinajstić information content (AvgIpc) is 2.81. The quantitative estimate of drug-likeness (QED) is 0.857. The third-order valence-electron chi connectivity index (χ3n) is 3.14. The molecule has 1 aromatic rings. The molecule has 1 saturated carbocycles. The molecule has 1 amide bonds. The number of rotatable bonds is 3. The van der Waals surface area contributed by atoms with Crippen LogP contribution < -0.4 is 11.1 Å². The largest absolute Gasteiger partial charge is 0.326 e. The number of hydrogen-bond acceptors (Lipinski definition) is 3. The first-order valence-corrected chi connectivity index (χ1v) is 5.82. The summed E-state index contributed by atoms with van der Waals surface area (Å²) in [4.78, 5) is 11.8. The molecule has 2 rings (SSSR count). The highest BCUT2D eigenvalue weighted by Crippen LogP contribution is 2.39. The summed E-state index contributed by atoms with van der Waals surface area (Å²) in [6.07, 6.45) is 1.29. The van der Waals surface area contributed by atoms with Crippen LogP contribution in [-0.2, 0) is 18.4 Å². The number of aromatic nitrogens is 2. The molecule has 0 bridgehead atoms. The minimum absolute atomic E-state index is 0.212. The molecule has 18 heavy (non-hydrogen) atoms. The molecular formula is C11H16F2N4O. The summed E-state index contributed by atoms with van der Waals surface area (Å²) < 4.78 is 27.6. The van der Waals surface area contributed by atoms with Crippen molar-refractivity contribution in [1.29, 1.82) is 0 Å². The van der Waals surface area contributed by atoms with Crippen LogP contribution in [0.25, 0.3) is 0 Å². The molecule has 0 radical (unpaired) electrons. The van der Waals surface area contributed by atoms with E-state index in [0.717, 1.165) is 0 Å². The third-order valence-corrected chi connectivity index (χ3v) is 3.14. The van der Waals surface area contributed by atoms with Crippen molar-refractivity contribution in [2.75, 3.05) is 5.32 Å². The number of aryl methyl sites for hydroxylation is 1. The second-order valence-electron chi connectivity index (χ2n) is 4.67. The predicted octanol–water partition coefficient (Wildman–Crippen LogP) is 1.25. The van der Waals surface area contributed by atoms with Gasteiger partial charge in [0.2, 0.25) is 11.8 Å². The maximum absolute atomic E-state index is 13.0. The van der Waals surface area contributed by atoms with Crippen LogP contribution in [-0.4, -0.2) is 21.6 Å². The van der Waals surface area contributed by atoms with Gasteiger partial charge >= 0.3 is 0 Å². The molecule has 1 aromatic heterocycles. The second kappa shape index (κ2) is 4.64. The Balaban J connectivity index is 2.03. The minimum atomic E-state index is -2.72. The van der Waals surface area contributed by atoms with E-state index < -0.39 is 17.7 Å². The van der Waals surface area contributed by atoms with Crippen LogP contribution in [0.1, 0.15) is 24.8 Å². The van der Waals surface area contributed by atoms with Gasteiger partial charge in [0.15, 0.2) is 5.82 Å². The molecule has 0 saturated heterocycles. The molecule has 3 N–H and O–H groups in total. The predicted molar refractivity (Wildman–Crippen MR) is 62.0 cm³/mol. The van der Waals surface area contributed by atoms with E-state index in [2.05, 4.69) is 10.4 Å². The van der Waals surface area contributed by atoms with Gasteiger partial charge in [0.25, 0.3) is 0 Å². The monoisotopic (exact) mass is 258 g/mol. The van der Waals surface area contributed by atoms with Crippen LogP contribution in [0.3, 0.4) is 0 Å². The molecule has 1 atom stereocenters. The zero-order chi connectivity index (χ0) is 13.3. The molecule has 1 aliphatic rings. The third kappa shape index (κ3) is 2.66. The molecule has 100 valence electrons. The average molecular weight is 258 g/mol. The number of hydrogen-bond donors (Lipinski definition) is 2. The van der Waals surface area contributed by atoms with Gasteiger partial charge in [-0.05, 0) is 6.42 Å². The number of amides is 1. The van der Waals surface area contributed by atoms with E-state index in [1.165, 1.54) is 4.68 Å². The van der Waals surface area contributed by atoms with Crippen LogP contribution in [0.4, 0.5) is 14.6 Å². The van der Waals surface area contributed by atoms with Crippen LogP contribution in [0.15, 0.2) is 6.20 Å². The summed E-state index contributed by atoms with van der Waals surface area (Å²) in [5, 5.41) is 6.62. The van der Waals surface area contributed by atoms with Gasteiger partial charge in [-0.1, -0.05) is 0 Å². The summed E-state index contributed by atoms with van der Waals surface area (Å²) in [5.74, 6) is -3.41. The SMILES string of the molecule is Cn1cc(CN)c(NC(=O)C2CCC(F)(F)C2)n1. The Morgan fingerprint density at radius 2 is 2.44 bits per heavy atom. The van der Waals surface area contributed by atoms with Crippen LogP contribution in [0.5, 0.6) is 0 Å². The Bertz CT molecular complexity index is 458. The van der Waals surface area contributed by atoms with E-state index in [-0.39, 0.29) is 25.8 Å². The second-order valence-corrected chi connectivity index (χ2v) is 4.67. The van der Waals surface area contributed by atoms with Crippen molar-refractivity contribution in [3.63, 3.8) is 0 Å². The first-order valence-electron chi connectivity index (χ1n) is 5.82. The van der Waals surface area contributed by atoms with Gasteiger partial charge in [0.1, 0.15) is 0 Å². The summed E-state index contributed by atoms with van der Waals surface area (Å²) in [5.41, 5.74) is 6.20. The maximum atomic E-state index is 13.0. The number of halogens is 2. The van der Waals surface area contributed by atoms with Crippen molar-refractivity contribution in [3.8, 4) is 0 Å². The Hall–Kier alpha value is -1.50. The van der Waals surface area contributed by atoms with Gasteiger partial charge in [-0.15, -0.1) is 0 Å². The number of nitrogens with zero attached hydrogens (tertiary/aromatic N) is 2. The Morgan fingerprint density at radius 1 is 1.72 bits per heavy atom. The maximum Gasteiger partial charge on any atom is 0.248 e. The van der Waals surface area contributed by atoms with Crippen molar-refractivity contribution >= 4 is 11.7 Å². The molecular weight excluding hydrogens is 242 g/mol. The Morgan fingerprint density at radius 3 is 3.00 bits per heavy atom. The highest BCUT2D eigenvalue weighted by atomic mass is 19.3. The number of alkyl halides is 2. The zero-order valence-corrected chi connectivity index (χ0v) is 10.1. The highest BCUT2D eigenvalue weighted by Gasteiger charge is 2.42. The molecule has 0 aromatic carbocycles. The molecule has 1 fully saturated rings. The summed E-state index contributed by atoms with van der Waals surface area (Å²) in [6.45, 7) is 0.240. The van der Waals surface area contributed by atoms with Crippen LogP contribution in [0, 0.1) is 5.92 Å². The number of anilines is 1. The fourth-order valence-corrected chi connectivity index (χ4v) is 2.18. The van der Waals surface area contributed by atoms with E-state index in [4.69, 9.17) is 5.73 Å². The van der Waals surface area contributed by atoms with Crippen molar-refractivity contribution in [1.82, 2.24) is 9.78 Å². The van der Waals surface area contributed by atoms with Crippen molar-refractivity contribution in [3.05, 3.63) is 11.8 Å². The van der Waals surface area contributed by atoms with Crippen molar-refractivity contribution < 1.29 is 13.6 Å². The molecule has 1 unspecified atom stereocenters. The summed E-state index contributed by atoms with van der Waals surface area (Å²) in [6, 6.07) is 0. The molecule has 0 aliphatic heterocycles. The van der Waals surface area contributed by atoms with E-state index >= 15 is 0 Å². The Kier molecular flexibility index (Phi) is 3.34. The van der Waals surface area contributed by atoms with Crippen molar-refractivity contribution in [2.45, 2.75) is 31.7 Å². The van der Waals surface area contributed by atoms with E-state index in [0.29, 0.717) is 11.4 Å². The van der Waals surface area contributed by atoms with Crippen LogP contribution in [0.2, 0.25) is 0 Å². The van der Waals surface area contributed by atoms with Crippen molar-refractivity contribution in [2.24, 2.45) is 18.7 Å². The Labute approximate surface area is 103 Å². The van der Waals surface area contributed by atoms with E-state index in [9.17, 15) is 13.6 Å². The lowest BCUT2D eigenvalue weighted by atomic mass is 10.1. The summed E-state index contributed by atoms with van der Waals surface area (Å²) in [7, 11) is 1.71. The number of carbonyl (C=O) groups is 1. The molecule has 0 spiro atoms. The van der Waals surface area contributed by atoms with Crippen LogP contribution >= 0.6 is 0 Å². The lowest BCUT2D eigenvalue weighted by Crippen LogP contribution is -2.23. The van der Waals surface area contributed by atoms with Gasteiger partial charge in [-0.25, -0.2) is 8.78 Å². The normalized spacial score (nSPS) is 22.1. The molecule has 1 aliphatic carbocycles. The summed E-state index contributed by atoms with van der Waals surface area (Å²) >= 11 is 0. The first kappa shape index (κ1) is 12.9. The van der Waals surface area contributed by atoms with Gasteiger partial charge in [0.05, 0.1) is 0 Å². The smallest absolute Gasteiger partial charge is 0.248 e. The van der Waals surface area contributed by atoms with Gasteiger partial charge in [-0.3, -0.25) is 9.48 Å². The van der Waals surface area contributed by atoms with E-state index in [1.54, 1.807) is 13.2 Å². The fraction of sp³-hybridized carbons (Fsp3) is 0.636. The topological polar surface area (TPSA) is 72.9 Å². The van der Waals surface area contributed by atoms with Gasteiger partial charge in [0, 0.05) is 44.1 Å². The minimum Gasteiger partial charge on any atom is -0.326 e. The van der Waals surface area contributed by atoms with Gasteiger partial charge < -0.3 is 11.1 Å². The lowest BCUT2D eigenvalue weighted by Gasteiger charge is -2.10.